The van der Waals surface area contributed by atoms with Gasteiger partial charge in [0.15, 0.2) is 11.5 Å². The number of fused-ring (bicyclic) bond motifs is 2. The van der Waals surface area contributed by atoms with Gasteiger partial charge in [-0.25, -0.2) is 9.97 Å². The zero-order valence-electron chi connectivity index (χ0n) is 21.3. The van der Waals surface area contributed by atoms with E-state index in [4.69, 9.17) is 9.47 Å². The fourth-order valence-corrected chi connectivity index (χ4v) is 5.67. The van der Waals surface area contributed by atoms with Crippen LogP contribution in [0, 0.1) is 0 Å². The quantitative estimate of drug-likeness (QED) is 0.319. The average molecular weight is 527 g/mol. The summed E-state index contributed by atoms with van der Waals surface area (Å²) in [7, 11) is 5.09. The van der Waals surface area contributed by atoms with E-state index in [1.807, 2.05) is 53.9 Å². The number of ether oxygens (including phenoxy) is 2. The summed E-state index contributed by atoms with van der Waals surface area (Å²) in [4.78, 5) is 25.2. The highest BCUT2D eigenvalue weighted by Gasteiger charge is 2.27. The third-order valence-electron chi connectivity index (χ3n) is 6.85. The van der Waals surface area contributed by atoms with E-state index in [0.717, 1.165) is 50.4 Å². The first-order chi connectivity index (χ1) is 18.6. The van der Waals surface area contributed by atoms with Crippen LogP contribution < -0.4 is 19.7 Å². The second-order valence-electron chi connectivity index (χ2n) is 8.99. The molecule has 1 aliphatic heterocycles. The number of aromatic nitrogens is 4. The fourth-order valence-electron chi connectivity index (χ4n) is 4.91. The third-order valence-corrected chi connectivity index (χ3v) is 7.75. The predicted octanol–water partition coefficient (Wildman–Crippen LogP) is 4.98. The van der Waals surface area contributed by atoms with Crippen molar-refractivity contribution < 1.29 is 14.3 Å². The van der Waals surface area contributed by atoms with Crippen LogP contribution >= 0.6 is 11.3 Å². The lowest BCUT2D eigenvalue weighted by Gasteiger charge is -2.18. The second-order valence-corrected chi connectivity index (χ2v) is 9.94. The van der Waals surface area contributed by atoms with Crippen molar-refractivity contribution in [2.24, 2.45) is 7.05 Å². The Kier molecular flexibility index (Phi) is 6.16. The Balaban J connectivity index is 1.24. The molecule has 0 spiro atoms. The number of nitrogens with one attached hydrogen (secondary N) is 1. The predicted molar refractivity (Wildman–Crippen MR) is 149 cm³/mol. The SMILES string of the molecule is COc1cc2ncnc(Nc3ccc4c(c3)CCN4C(=O)Cc3c(-c4cccs4)cnn3C)c2cc1OC. The van der Waals surface area contributed by atoms with Crippen molar-refractivity contribution in [1.29, 1.82) is 0 Å². The molecule has 0 fully saturated rings. The van der Waals surface area contributed by atoms with Crippen LogP contribution in [0.2, 0.25) is 0 Å². The first-order valence-electron chi connectivity index (χ1n) is 12.2. The van der Waals surface area contributed by atoms with E-state index in [0.29, 0.717) is 30.3 Å². The molecule has 1 N–H and O–H groups in total. The molecule has 3 aromatic heterocycles. The molecule has 192 valence electrons. The topological polar surface area (TPSA) is 94.4 Å². The molecule has 0 aliphatic carbocycles. The van der Waals surface area contributed by atoms with Gasteiger partial charge in [0.1, 0.15) is 12.1 Å². The largest absolute Gasteiger partial charge is 0.493 e. The summed E-state index contributed by atoms with van der Waals surface area (Å²) >= 11 is 1.65. The van der Waals surface area contributed by atoms with Gasteiger partial charge in [0, 0.05) is 46.9 Å². The molecular weight excluding hydrogens is 500 g/mol. The number of carbonyl (C=O) groups excluding carboxylic acids is 1. The fraction of sp³-hybridized carbons (Fsp3) is 0.214. The molecular formula is C28H26N6O3S. The zero-order chi connectivity index (χ0) is 26.2. The average Bonchev–Trinajstić information content (AvgIpc) is 3.69. The van der Waals surface area contributed by atoms with Crippen LogP contribution in [0.4, 0.5) is 17.2 Å². The summed E-state index contributed by atoms with van der Waals surface area (Å²) in [6, 6.07) is 13.8. The molecule has 5 aromatic rings. The van der Waals surface area contributed by atoms with Crippen molar-refractivity contribution in [3.05, 3.63) is 71.6 Å². The Hall–Kier alpha value is -4.44. The summed E-state index contributed by atoms with van der Waals surface area (Å²) in [6.45, 7) is 0.650. The van der Waals surface area contributed by atoms with Crippen molar-refractivity contribution in [3.8, 4) is 21.9 Å². The lowest BCUT2D eigenvalue weighted by molar-refractivity contribution is -0.118. The second kappa shape index (κ2) is 9.79. The Morgan fingerprint density at radius 2 is 1.95 bits per heavy atom. The van der Waals surface area contributed by atoms with E-state index in [2.05, 4.69) is 32.5 Å². The summed E-state index contributed by atoms with van der Waals surface area (Å²) in [6.07, 6.45) is 4.44. The van der Waals surface area contributed by atoms with E-state index in [9.17, 15) is 4.79 Å². The number of rotatable bonds is 7. The molecule has 2 aromatic carbocycles. The smallest absolute Gasteiger partial charge is 0.233 e. The Bertz CT molecular complexity index is 1650. The highest BCUT2D eigenvalue weighted by atomic mass is 32.1. The van der Waals surface area contributed by atoms with E-state index in [-0.39, 0.29) is 5.91 Å². The minimum Gasteiger partial charge on any atom is -0.493 e. The van der Waals surface area contributed by atoms with Gasteiger partial charge in [0.25, 0.3) is 0 Å². The van der Waals surface area contributed by atoms with Crippen LogP contribution in [0.3, 0.4) is 0 Å². The van der Waals surface area contributed by atoms with E-state index in [1.165, 1.54) is 6.33 Å². The summed E-state index contributed by atoms with van der Waals surface area (Å²) in [5.41, 5.74) is 5.63. The van der Waals surface area contributed by atoms with Crippen molar-refractivity contribution in [2.75, 3.05) is 31.0 Å². The van der Waals surface area contributed by atoms with Crippen LogP contribution in [-0.2, 0) is 24.7 Å². The van der Waals surface area contributed by atoms with Gasteiger partial charge in [-0.3, -0.25) is 9.48 Å². The van der Waals surface area contributed by atoms with Gasteiger partial charge in [-0.2, -0.15) is 5.10 Å². The van der Waals surface area contributed by atoms with Crippen LogP contribution in [0.25, 0.3) is 21.3 Å². The molecule has 4 heterocycles. The van der Waals surface area contributed by atoms with Crippen molar-refractivity contribution >= 4 is 45.3 Å². The highest BCUT2D eigenvalue weighted by molar-refractivity contribution is 7.13. The van der Waals surface area contributed by atoms with Gasteiger partial charge in [0.2, 0.25) is 5.91 Å². The molecule has 0 unspecified atom stereocenters. The number of amides is 1. The van der Waals surface area contributed by atoms with E-state index >= 15 is 0 Å². The molecule has 0 radical (unpaired) electrons. The molecule has 0 saturated carbocycles. The zero-order valence-corrected chi connectivity index (χ0v) is 22.1. The highest BCUT2D eigenvalue weighted by Crippen LogP contribution is 2.36. The van der Waals surface area contributed by atoms with Crippen molar-refractivity contribution in [2.45, 2.75) is 12.8 Å². The molecule has 0 saturated heterocycles. The lowest BCUT2D eigenvalue weighted by Crippen LogP contribution is -2.31. The Morgan fingerprint density at radius 1 is 1.11 bits per heavy atom. The molecule has 38 heavy (non-hydrogen) atoms. The number of benzene rings is 2. The maximum absolute atomic E-state index is 13.4. The number of thiophene rings is 1. The lowest BCUT2D eigenvalue weighted by atomic mass is 10.1. The summed E-state index contributed by atoms with van der Waals surface area (Å²) < 4.78 is 12.7. The van der Waals surface area contributed by atoms with Gasteiger partial charge in [-0.05, 0) is 47.7 Å². The summed E-state index contributed by atoms with van der Waals surface area (Å²) in [5.74, 6) is 1.95. The van der Waals surface area contributed by atoms with Crippen LogP contribution in [0.5, 0.6) is 11.5 Å². The number of aryl methyl sites for hydroxylation is 1. The first-order valence-corrected chi connectivity index (χ1v) is 13.1. The minimum atomic E-state index is 0.0636. The maximum atomic E-state index is 13.4. The van der Waals surface area contributed by atoms with Crippen molar-refractivity contribution in [3.63, 3.8) is 0 Å². The van der Waals surface area contributed by atoms with Gasteiger partial charge in [-0.1, -0.05) is 6.07 Å². The third kappa shape index (κ3) is 4.22. The number of hydrogen-bond donors (Lipinski definition) is 1. The number of nitrogens with zero attached hydrogens (tertiary/aromatic N) is 5. The van der Waals surface area contributed by atoms with Gasteiger partial charge in [-0.15, -0.1) is 11.3 Å². The Labute approximate surface area is 223 Å². The molecule has 9 nitrogen and oxygen atoms in total. The molecule has 1 aliphatic rings. The monoisotopic (exact) mass is 526 g/mol. The first kappa shape index (κ1) is 23.9. The van der Waals surface area contributed by atoms with E-state index in [1.54, 1.807) is 30.2 Å². The molecule has 0 atom stereocenters. The van der Waals surface area contributed by atoms with Crippen LogP contribution in [0.15, 0.2) is 60.4 Å². The van der Waals surface area contributed by atoms with Gasteiger partial charge >= 0.3 is 0 Å². The van der Waals surface area contributed by atoms with Gasteiger partial charge < -0.3 is 19.7 Å². The maximum Gasteiger partial charge on any atom is 0.233 e. The Morgan fingerprint density at radius 3 is 2.74 bits per heavy atom. The van der Waals surface area contributed by atoms with E-state index < -0.39 is 0 Å². The van der Waals surface area contributed by atoms with Crippen LogP contribution in [0.1, 0.15) is 11.3 Å². The van der Waals surface area contributed by atoms with Crippen molar-refractivity contribution in [1.82, 2.24) is 19.7 Å². The van der Waals surface area contributed by atoms with Crippen LogP contribution in [-0.4, -0.2) is 46.4 Å². The number of methoxy groups -OCH3 is 2. The summed E-state index contributed by atoms with van der Waals surface area (Å²) in [5, 5.41) is 10.7. The normalized spacial score (nSPS) is 12.6. The standard InChI is InChI=1S/C28H26N6O3S/c1-33-23(20(15-31-33)26-5-4-10-38-26)14-27(35)34-9-8-17-11-18(6-7-22(17)34)32-28-19-12-24(36-2)25(37-3)13-21(19)29-16-30-28/h4-7,10-13,15-16H,8-9,14H2,1-3H3,(H,29,30,32). The number of anilines is 3. The van der Waals surface area contributed by atoms with Gasteiger partial charge in [0.05, 0.1) is 38.0 Å². The molecule has 1 amide bonds. The number of hydrogen-bond acceptors (Lipinski definition) is 8. The molecule has 6 rings (SSSR count). The molecule has 10 heteroatoms. The molecule has 0 bridgehead atoms. The number of carbonyl (C=O) groups is 1. The minimum absolute atomic E-state index is 0.0636.